The quantitative estimate of drug-likeness (QED) is 0.637. The summed E-state index contributed by atoms with van der Waals surface area (Å²) >= 11 is 0. The predicted molar refractivity (Wildman–Crippen MR) is 69.7 cm³/mol. The van der Waals surface area contributed by atoms with Crippen molar-refractivity contribution >= 4 is 5.97 Å². The van der Waals surface area contributed by atoms with Crippen molar-refractivity contribution in [3.8, 4) is 0 Å². The molecule has 4 bridgehead atoms. The van der Waals surface area contributed by atoms with E-state index < -0.39 is 0 Å². The van der Waals surface area contributed by atoms with Crippen LogP contribution in [0.5, 0.6) is 0 Å². The van der Waals surface area contributed by atoms with Gasteiger partial charge in [0.1, 0.15) is 0 Å². The molecule has 0 amide bonds. The smallest absolute Gasteiger partial charge is 0.306 e. The SMILES string of the molecule is O=C1CC2(CCO1)C1CC3CC2CC(C1)C31OCCO1. The maximum atomic E-state index is 11.8. The molecule has 0 N–H and O–H groups in total. The van der Waals surface area contributed by atoms with Crippen molar-refractivity contribution in [1.29, 1.82) is 0 Å². The molecule has 2 saturated heterocycles. The van der Waals surface area contributed by atoms with Gasteiger partial charge in [-0.1, -0.05) is 0 Å². The molecule has 2 heterocycles. The zero-order valence-corrected chi connectivity index (χ0v) is 11.8. The fourth-order valence-corrected chi connectivity index (χ4v) is 6.40. The fraction of sp³-hybridized carbons (Fsp3) is 0.938. The van der Waals surface area contributed by atoms with Crippen molar-refractivity contribution in [2.24, 2.45) is 29.1 Å². The molecular weight excluding hydrogens is 256 g/mol. The minimum atomic E-state index is -0.246. The number of hydrogen-bond donors (Lipinski definition) is 0. The molecule has 4 nitrogen and oxygen atoms in total. The number of esters is 1. The van der Waals surface area contributed by atoms with Crippen LogP contribution in [0, 0.1) is 29.1 Å². The topological polar surface area (TPSA) is 44.8 Å². The number of carbonyl (C=O) groups is 1. The van der Waals surface area contributed by atoms with Crippen LogP contribution in [0.25, 0.3) is 0 Å². The number of carbonyl (C=O) groups excluding carboxylic acids is 1. The van der Waals surface area contributed by atoms with Crippen LogP contribution in [0.15, 0.2) is 0 Å². The van der Waals surface area contributed by atoms with Gasteiger partial charge in [-0.05, 0) is 49.4 Å². The summed E-state index contributed by atoms with van der Waals surface area (Å²) in [7, 11) is 0. The number of ether oxygens (including phenoxy) is 3. The molecule has 4 heteroatoms. The minimum Gasteiger partial charge on any atom is -0.466 e. The highest BCUT2D eigenvalue weighted by atomic mass is 16.7. The third kappa shape index (κ3) is 1.28. The lowest BCUT2D eigenvalue weighted by atomic mass is 9.42. The van der Waals surface area contributed by atoms with Crippen LogP contribution in [0.2, 0.25) is 0 Å². The maximum Gasteiger partial charge on any atom is 0.306 e. The molecule has 4 saturated carbocycles. The Labute approximate surface area is 119 Å². The molecule has 6 rings (SSSR count). The molecule has 0 aromatic carbocycles. The summed E-state index contributed by atoms with van der Waals surface area (Å²) in [5.41, 5.74) is 0.253. The van der Waals surface area contributed by atoms with E-state index in [0.717, 1.165) is 19.6 Å². The van der Waals surface area contributed by atoms with Gasteiger partial charge < -0.3 is 14.2 Å². The van der Waals surface area contributed by atoms with E-state index in [1.165, 1.54) is 25.7 Å². The van der Waals surface area contributed by atoms with E-state index in [4.69, 9.17) is 14.2 Å². The van der Waals surface area contributed by atoms with Gasteiger partial charge in [-0.2, -0.15) is 0 Å². The maximum absolute atomic E-state index is 11.8. The van der Waals surface area contributed by atoms with Gasteiger partial charge >= 0.3 is 5.97 Å². The highest BCUT2D eigenvalue weighted by Crippen LogP contribution is 2.69. The molecule has 0 radical (unpaired) electrons. The van der Waals surface area contributed by atoms with Crippen LogP contribution in [-0.2, 0) is 19.0 Å². The van der Waals surface area contributed by atoms with E-state index in [2.05, 4.69) is 0 Å². The molecule has 0 aromatic rings. The highest BCUT2D eigenvalue weighted by Gasteiger charge is 2.68. The number of cyclic esters (lactones) is 1. The second kappa shape index (κ2) is 3.77. The van der Waals surface area contributed by atoms with Crippen molar-refractivity contribution in [3.05, 3.63) is 0 Å². The summed E-state index contributed by atoms with van der Waals surface area (Å²) in [6.07, 6.45) is 6.53. The zero-order chi connectivity index (χ0) is 13.4. The van der Waals surface area contributed by atoms with Crippen LogP contribution in [0.1, 0.15) is 38.5 Å². The van der Waals surface area contributed by atoms with Crippen molar-refractivity contribution in [3.63, 3.8) is 0 Å². The lowest BCUT2D eigenvalue weighted by Crippen LogP contribution is -2.65. The van der Waals surface area contributed by atoms with E-state index in [0.29, 0.717) is 36.7 Å². The van der Waals surface area contributed by atoms with Crippen LogP contribution >= 0.6 is 0 Å². The zero-order valence-electron chi connectivity index (χ0n) is 11.8. The van der Waals surface area contributed by atoms with Gasteiger partial charge in [-0.3, -0.25) is 4.79 Å². The first-order valence-electron chi connectivity index (χ1n) is 8.16. The first-order chi connectivity index (χ1) is 9.73. The van der Waals surface area contributed by atoms with E-state index in [9.17, 15) is 4.79 Å². The van der Waals surface area contributed by atoms with Crippen LogP contribution < -0.4 is 0 Å². The molecule has 0 aromatic heterocycles. The molecule has 2 aliphatic heterocycles. The lowest BCUT2D eigenvalue weighted by molar-refractivity contribution is -0.314. The van der Waals surface area contributed by atoms with E-state index in [1.807, 2.05) is 0 Å². The average Bonchev–Trinajstić information content (AvgIpc) is 2.87. The molecular formula is C16H22O4. The minimum absolute atomic E-state index is 0.0341. The summed E-state index contributed by atoms with van der Waals surface area (Å²) in [5.74, 6) is 2.30. The largest absolute Gasteiger partial charge is 0.466 e. The first kappa shape index (κ1) is 12.0. The number of rotatable bonds is 0. The third-order valence-electron chi connectivity index (χ3n) is 7.08. The second-order valence-electron chi connectivity index (χ2n) is 7.53. The van der Waals surface area contributed by atoms with Crippen molar-refractivity contribution < 1.29 is 19.0 Å². The molecule has 20 heavy (non-hydrogen) atoms. The van der Waals surface area contributed by atoms with E-state index in [-0.39, 0.29) is 17.2 Å². The fourth-order valence-electron chi connectivity index (χ4n) is 6.40. The average molecular weight is 278 g/mol. The Hall–Kier alpha value is -0.610. The summed E-state index contributed by atoms with van der Waals surface area (Å²) in [6.45, 7) is 2.17. The summed E-state index contributed by atoms with van der Waals surface area (Å²) in [6, 6.07) is 0. The van der Waals surface area contributed by atoms with E-state index >= 15 is 0 Å². The standard InChI is InChI=1S/C16H22O4/c17-14-9-15(1-2-18-14)10-5-12-7-11(15)8-13(6-10)16(12)19-3-4-20-16/h10-13H,1-9H2. The van der Waals surface area contributed by atoms with Gasteiger partial charge in [0.25, 0.3) is 0 Å². The van der Waals surface area contributed by atoms with Crippen LogP contribution in [-0.4, -0.2) is 31.6 Å². The Morgan fingerprint density at radius 2 is 1.45 bits per heavy atom. The first-order valence-corrected chi connectivity index (χ1v) is 8.16. The Bertz CT molecular complexity index is 419. The molecule has 2 spiro atoms. The van der Waals surface area contributed by atoms with Crippen LogP contribution in [0.4, 0.5) is 0 Å². The van der Waals surface area contributed by atoms with Crippen LogP contribution in [0.3, 0.4) is 0 Å². The van der Waals surface area contributed by atoms with Gasteiger partial charge in [0, 0.05) is 11.8 Å². The Balaban J connectivity index is 1.49. The van der Waals surface area contributed by atoms with Gasteiger partial charge in [0.05, 0.1) is 26.2 Å². The molecule has 0 atom stereocenters. The van der Waals surface area contributed by atoms with Gasteiger partial charge in [-0.25, -0.2) is 0 Å². The number of hydrogen-bond acceptors (Lipinski definition) is 4. The van der Waals surface area contributed by atoms with Crippen molar-refractivity contribution in [2.75, 3.05) is 19.8 Å². The lowest BCUT2D eigenvalue weighted by Gasteiger charge is -2.66. The molecule has 110 valence electrons. The van der Waals surface area contributed by atoms with Crippen molar-refractivity contribution in [1.82, 2.24) is 0 Å². The normalized spacial score (nSPS) is 51.9. The molecule has 4 aliphatic carbocycles. The van der Waals surface area contributed by atoms with Gasteiger partial charge in [0.2, 0.25) is 0 Å². The Kier molecular flexibility index (Phi) is 2.26. The second-order valence-corrected chi connectivity index (χ2v) is 7.53. The Morgan fingerprint density at radius 1 is 0.850 bits per heavy atom. The summed E-state index contributed by atoms with van der Waals surface area (Å²) in [4.78, 5) is 11.8. The monoisotopic (exact) mass is 278 g/mol. The summed E-state index contributed by atoms with van der Waals surface area (Å²) < 4.78 is 17.4. The Morgan fingerprint density at radius 3 is 2.00 bits per heavy atom. The predicted octanol–water partition coefficient (Wildman–Crippen LogP) is 2.12. The van der Waals surface area contributed by atoms with Gasteiger partial charge in [0.15, 0.2) is 5.79 Å². The van der Waals surface area contributed by atoms with Gasteiger partial charge in [-0.15, -0.1) is 0 Å². The molecule has 6 aliphatic rings. The van der Waals surface area contributed by atoms with E-state index in [1.54, 1.807) is 0 Å². The summed E-state index contributed by atoms with van der Waals surface area (Å²) in [5, 5.41) is 0. The van der Waals surface area contributed by atoms with Crippen molar-refractivity contribution in [2.45, 2.75) is 44.3 Å². The third-order valence-corrected chi connectivity index (χ3v) is 7.08. The highest BCUT2D eigenvalue weighted by molar-refractivity contribution is 5.71. The molecule has 0 unspecified atom stereocenters. The molecule has 6 fully saturated rings.